The standard InChI is InChI=1S/C60H109O11P/c1-4-7-10-13-16-19-22-25-27-28-30-33-36-39-42-45-48-51-60(64)71-57(53-67-58(62)49-46-43-40-37-34-32-29-26-23-20-17-14-11-8-5-2)55-69-72(65,66)68-54-56(52-61)70-59(63)50-47-44-41-38-35-31-24-21-18-15-12-9-6-3/h7,10,16,19,25,27,30,33,56-57,61H,4-6,8-9,11-15,17-18,20-24,26,28-29,31-32,34-55H2,1-3H3,(H,65,66)/b10-7-,19-16-,27-25-,33-30-. The van der Waals surface area contributed by atoms with Crippen molar-refractivity contribution in [3.05, 3.63) is 48.6 Å². The van der Waals surface area contributed by atoms with Gasteiger partial charge in [0.25, 0.3) is 0 Å². The second-order valence-electron chi connectivity index (χ2n) is 19.8. The van der Waals surface area contributed by atoms with Gasteiger partial charge in [-0.3, -0.25) is 23.4 Å². The number of phosphoric acid groups is 1. The van der Waals surface area contributed by atoms with Gasteiger partial charge >= 0.3 is 25.7 Å². The van der Waals surface area contributed by atoms with Gasteiger partial charge < -0.3 is 24.2 Å². The van der Waals surface area contributed by atoms with Crippen molar-refractivity contribution in [1.29, 1.82) is 0 Å². The van der Waals surface area contributed by atoms with E-state index in [1.165, 1.54) is 128 Å². The van der Waals surface area contributed by atoms with Crippen molar-refractivity contribution in [1.82, 2.24) is 0 Å². The number of phosphoric ester groups is 1. The molecule has 3 atom stereocenters. The van der Waals surface area contributed by atoms with Crippen LogP contribution in [0.3, 0.4) is 0 Å². The first-order valence-electron chi connectivity index (χ1n) is 29.5. The molecule has 0 heterocycles. The van der Waals surface area contributed by atoms with Gasteiger partial charge in [0.15, 0.2) is 6.10 Å². The van der Waals surface area contributed by atoms with Crippen LogP contribution in [0.4, 0.5) is 0 Å². The predicted octanol–water partition coefficient (Wildman–Crippen LogP) is 17.4. The fourth-order valence-corrected chi connectivity index (χ4v) is 9.07. The zero-order valence-corrected chi connectivity index (χ0v) is 47.3. The van der Waals surface area contributed by atoms with E-state index in [9.17, 15) is 28.9 Å². The van der Waals surface area contributed by atoms with Crippen molar-refractivity contribution >= 4 is 25.7 Å². The molecule has 0 fully saturated rings. The second kappa shape index (κ2) is 54.7. The fourth-order valence-electron chi connectivity index (χ4n) is 8.29. The minimum absolute atomic E-state index is 0.143. The van der Waals surface area contributed by atoms with Gasteiger partial charge in [0.1, 0.15) is 12.7 Å². The van der Waals surface area contributed by atoms with Crippen LogP contribution < -0.4 is 0 Å². The third kappa shape index (κ3) is 52.3. The van der Waals surface area contributed by atoms with Gasteiger partial charge in [-0.15, -0.1) is 0 Å². The van der Waals surface area contributed by atoms with E-state index in [1.807, 2.05) is 0 Å². The van der Waals surface area contributed by atoms with Gasteiger partial charge in [-0.2, -0.15) is 0 Å². The molecule has 0 bridgehead atoms. The summed E-state index contributed by atoms with van der Waals surface area (Å²) in [6, 6.07) is 0. The Bertz CT molecular complexity index is 1400. The summed E-state index contributed by atoms with van der Waals surface area (Å²) in [5.74, 6) is -1.47. The number of hydrogen-bond donors (Lipinski definition) is 2. The lowest BCUT2D eigenvalue weighted by Gasteiger charge is -2.21. The molecule has 0 amide bonds. The highest BCUT2D eigenvalue weighted by molar-refractivity contribution is 7.47. The van der Waals surface area contributed by atoms with E-state index in [2.05, 4.69) is 69.4 Å². The van der Waals surface area contributed by atoms with Crippen molar-refractivity contribution in [2.45, 2.75) is 290 Å². The fraction of sp³-hybridized carbons (Fsp3) is 0.817. The smallest absolute Gasteiger partial charge is 0.462 e. The van der Waals surface area contributed by atoms with Gasteiger partial charge in [0.05, 0.1) is 19.8 Å². The predicted molar refractivity (Wildman–Crippen MR) is 298 cm³/mol. The van der Waals surface area contributed by atoms with E-state index in [4.69, 9.17) is 23.3 Å². The molecule has 0 rings (SSSR count). The Morgan fingerprint density at radius 2 is 0.722 bits per heavy atom. The Kier molecular flexibility index (Phi) is 52.7. The van der Waals surface area contributed by atoms with Crippen LogP contribution in [-0.4, -0.2) is 66.5 Å². The van der Waals surface area contributed by atoms with Crippen molar-refractivity contribution in [2.24, 2.45) is 0 Å². The minimum atomic E-state index is -4.75. The largest absolute Gasteiger partial charge is 0.472 e. The van der Waals surface area contributed by atoms with E-state index in [-0.39, 0.29) is 25.9 Å². The van der Waals surface area contributed by atoms with Crippen LogP contribution in [-0.2, 0) is 42.2 Å². The highest BCUT2D eigenvalue weighted by Crippen LogP contribution is 2.43. The van der Waals surface area contributed by atoms with Crippen LogP contribution in [0, 0.1) is 0 Å². The monoisotopic (exact) mass is 1040 g/mol. The number of rotatable bonds is 55. The average molecular weight is 1040 g/mol. The normalized spacial score (nSPS) is 13.7. The Morgan fingerprint density at radius 1 is 0.403 bits per heavy atom. The molecule has 72 heavy (non-hydrogen) atoms. The quantitative estimate of drug-likeness (QED) is 0.0197. The molecule has 0 spiro atoms. The number of hydrogen-bond acceptors (Lipinski definition) is 10. The number of unbranched alkanes of at least 4 members (excludes halogenated alkanes) is 30. The summed E-state index contributed by atoms with van der Waals surface area (Å²) in [5, 5.41) is 9.81. The number of ether oxygens (including phenoxy) is 3. The van der Waals surface area contributed by atoms with Crippen molar-refractivity contribution in [3.8, 4) is 0 Å². The summed E-state index contributed by atoms with van der Waals surface area (Å²) < 4.78 is 39.5. The van der Waals surface area contributed by atoms with Crippen LogP contribution in [0.2, 0.25) is 0 Å². The third-order valence-electron chi connectivity index (χ3n) is 12.8. The molecule has 0 saturated heterocycles. The SMILES string of the molecule is CC/C=C\C/C=C\C/C=C\C/C=C\CCCCCCC(=O)OC(COC(=O)CCCCCCCCCCCCCCCCC)COP(=O)(O)OCC(CO)OC(=O)CCCCCCCCCCCCCCC. The maximum atomic E-state index is 12.9. The van der Waals surface area contributed by atoms with Crippen LogP contribution in [0.25, 0.3) is 0 Å². The molecule has 0 aromatic heterocycles. The van der Waals surface area contributed by atoms with Crippen LogP contribution in [0.5, 0.6) is 0 Å². The van der Waals surface area contributed by atoms with E-state index in [0.29, 0.717) is 19.3 Å². The molecule has 0 aliphatic rings. The van der Waals surface area contributed by atoms with Crippen LogP contribution >= 0.6 is 7.82 Å². The number of esters is 3. The molecule has 0 aromatic carbocycles. The number of carbonyl (C=O) groups excluding carboxylic acids is 3. The maximum absolute atomic E-state index is 12.9. The lowest BCUT2D eigenvalue weighted by atomic mass is 10.0. The first kappa shape index (κ1) is 69.4. The van der Waals surface area contributed by atoms with E-state index in [1.54, 1.807) is 0 Å². The zero-order valence-electron chi connectivity index (χ0n) is 46.4. The molecule has 3 unspecified atom stereocenters. The van der Waals surface area contributed by atoms with Crippen molar-refractivity contribution in [3.63, 3.8) is 0 Å². The van der Waals surface area contributed by atoms with Gasteiger partial charge in [0, 0.05) is 19.3 Å². The minimum Gasteiger partial charge on any atom is -0.462 e. The molecule has 0 aromatic rings. The van der Waals surface area contributed by atoms with Crippen LogP contribution in [0.1, 0.15) is 278 Å². The molecule has 11 nitrogen and oxygen atoms in total. The molecule has 0 aliphatic heterocycles. The number of aliphatic hydroxyl groups excluding tert-OH is 1. The van der Waals surface area contributed by atoms with E-state index < -0.39 is 57.8 Å². The van der Waals surface area contributed by atoms with E-state index in [0.717, 1.165) is 89.9 Å². The molecular weight excluding hydrogens is 928 g/mol. The van der Waals surface area contributed by atoms with Gasteiger partial charge in [-0.25, -0.2) is 4.57 Å². The first-order chi connectivity index (χ1) is 35.2. The molecular formula is C60H109O11P. The number of carbonyl (C=O) groups is 3. The van der Waals surface area contributed by atoms with Gasteiger partial charge in [-0.05, 0) is 57.8 Å². The molecule has 2 N–H and O–H groups in total. The van der Waals surface area contributed by atoms with Gasteiger partial charge in [-0.1, -0.05) is 249 Å². The third-order valence-corrected chi connectivity index (χ3v) is 13.7. The van der Waals surface area contributed by atoms with Crippen molar-refractivity contribution in [2.75, 3.05) is 26.4 Å². The number of aliphatic hydroxyl groups is 1. The average Bonchev–Trinajstić information content (AvgIpc) is 3.37. The van der Waals surface area contributed by atoms with Gasteiger partial charge in [0.2, 0.25) is 0 Å². The Hall–Kier alpha value is -2.56. The molecule has 0 saturated carbocycles. The summed E-state index contributed by atoms with van der Waals surface area (Å²) in [6.07, 6.45) is 57.8. The lowest BCUT2D eigenvalue weighted by Crippen LogP contribution is -2.30. The Morgan fingerprint density at radius 3 is 1.11 bits per heavy atom. The molecule has 0 aliphatic carbocycles. The molecule has 12 heteroatoms. The summed E-state index contributed by atoms with van der Waals surface area (Å²) in [7, 11) is -4.75. The maximum Gasteiger partial charge on any atom is 0.472 e. The topological polar surface area (TPSA) is 155 Å². The molecule has 420 valence electrons. The summed E-state index contributed by atoms with van der Waals surface area (Å²) in [6.45, 7) is 4.54. The van der Waals surface area contributed by atoms with E-state index >= 15 is 0 Å². The summed E-state index contributed by atoms with van der Waals surface area (Å²) in [4.78, 5) is 48.5. The summed E-state index contributed by atoms with van der Waals surface area (Å²) in [5.41, 5.74) is 0. The molecule has 0 radical (unpaired) electrons. The zero-order chi connectivity index (χ0) is 52.7. The Labute approximate surface area is 441 Å². The Balaban J connectivity index is 4.74. The highest BCUT2D eigenvalue weighted by atomic mass is 31.2. The summed E-state index contributed by atoms with van der Waals surface area (Å²) >= 11 is 0. The second-order valence-corrected chi connectivity index (χ2v) is 21.2. The number of allylic oxidation sites excluding steroid dienone is 8. The highest BCUT2D eigenvalue weighted by Gasteiger charge is 2.28. The van der Waals surface area contributed by atoms with Crippen LogP contribution in [0.15, 0.2) is 48.6 Å². The first-order valence-corrected chi connectivity index (χ1v) is 31.0. The lowest BCUT2D eigenvalue weighted by molar-refractivity contribution is -0.161. The van der Waals surface area contributed by atoms with Crippen molar-refractivity contribution < 1.29 is 52.2 Å².